The predicted molar refractivity (Wildman–Crippen MR) is 75.9 cm³/mol. The van der Waals surface area contributed by atoms with Crippen LogP contribution in [0, 0.1) is 0 Å². The highest BCUT2D eigenvalue weighted by molar-refractivity contribution is 9.10. The minimum absolute atomic E-state index is 0.0978. The van der Waals surface area contributed by atoms with Crippen molar-refractivity contribution in [2.45, 2.75) is 12.5 Å². The Kier molecular flexibility index (Phi) is 4.00. The zero-order valence-electron chi connectivity index (χ0n) is 9.78. The van der Waals surface area contributed by atoms with E-state index in [0.717, 1.165) is 5.69 Å². The lowest BCUT2D eigenvalue weighted by Gasteiger charge is -2.27. The van der Waals surface area contributed by atoms with Crippen LogP contribution >= 0.6 is 27.5 Å². The standard InChI is InChI=1S/C13H13BrClNO2/c1-13(8-17,11-5-6-12(14)18-11)16-10-4-2-3-9(15)7-10/h2-7,16-17H,8H2,1H3. The van der Waals surface area contributed by atoms with E-state index in [1.54, 1.807) is 18.2 Å². The van der Waals surface area contributed by atoms with Gasteiger partial charge in [0.15, 0.2) is 4.67 Å². The fraction of sp³-hybridized carbons (Fsp3) is 0.231. The molecule has 0 aliphatic carbocycles. The van der Waals surface area contributed by atoms with Crippen LogP contribution in [-0.4, -0.2) is 11.7 Å². The van der Waals surface area contributed by atoms with Crippen LogP contribution in [-0.2, 0) is 5.54 Å². The predicted octanol–water partition coefficient (Wildman–Crippen LogP) is 4.02. The van der Waals surface area contributed by atoms with Crippen molar-refractivity contribution in [2.75, 3.05) is 11.9 Å². The number of anilines is 1. The van der Waals surface area contributed by atoms with E-state index in [9.17, 15) is 5.11 Å². The summed E-state index contributed by atoms with van der Waals surface area (Å²) in [7, 11) is 0. The van der Waals surface area contributed by atoms with Crippen LogP contribution in [0.1, 0.15) is 12.7 Å². The Bertz CT molecular complexity index is 543. The molecule has 1 atom stereocenters. The average Bonchev–Trinajstić information content (AvgIpc) is 2.76. The summed E-state index contributed by atoms with van der Waals surface area (Å²) in [5.41, 5.74) is 0.128. The molecule has 2 rings (SSSR count). The lowest BCUT2D eigenvalue weighted by molar-refractivity contribution is 0.202. The maximum Gasteiger partial charge on any atom is 0.169 e. The maximum absolute atomic E-state index is 9.61. The summed E-state index contributed by atoms with van der Waals surface area (Å²) >= 11 is 9.19. The van der Waals surface area contributed by atoms with Crippen molar-refractivity contribution >= 4 is 33.2 Å². The Morgan fingerprint density at radius 2 is 2.17 bits per heavy atom. The van der Waals surface area contributed by atoms with Gasteiger partial charge in [-0.2, -0.15) is 0 Å². The van der Waals surface area contributed by atoms with Crippen LogP contribution < -0.4 is 5.32 Å². The highest BCUT2D eigenvalue weighted by Gasteiger charge is 2.29. The summed E-state index contributed by atoms with van der Waals surface area (Å²) in [5.74, 6) is 0.650. The quantitative estimate of drug-likeness (QED) is 0.890. The highest BCUT2D eigenvalue weighted by Crippen LogP contribution is 2.29. The van der Waals surface area contributed by atoms with E-state index in [1.807, 2.05) is 25.1 Å². The number of halogens is 2. The Morgan fingerprint density at radius 3 is 2.72 bits per heavy atom. The van der Waals surface area contributed by atoms with Gasteiger partial charge in [-0.15, -0.1) is 0 Å². The van der Waals surface area contributed by atoms with Gasteiger partial charge in [0.05, 0.1) is 6.61 Å². The zero-order valence-corrected chi connectivity index (χ0v) is 12.1. The third-order valence-corrected chi connectivity index (χ3v) is 3.34. The second-order valence-electron chi connectivity index (χ2n) is 4.23. The number of aliphatic hydroxyl groups is 1. The van der Waals surface area contributed by atoms with E-state index in [4.69, 9.17) is 16.0 Å². The zero-order chi connectivity index (χ0) is 13.2. The molecule has 0 saturated carbocycles. The fourth-order valence-corrected chi connectivity index (χ4v) is 2.17. The van der Waals surface area contributed by atoms with Gasteiger partial charge in [-0.25, -0.2) is 0 Å². The van der Waals surface area contributed by atoms with Crippen molar-refractivity contribution in [1.82, 2.24) is 0 Å². The molecule has 1 unspecified atom stereocenters. The van der Waals surface area contributed by atoms with Gasteiger partial charge in [0, 0.05) is 10.7 Å². The van der Waals surface area contributed by atoms with Crippen LogP contribution in [0.2, 0.25) is 5.02 Å². The number of benzene rings is 1. The molecule has 1 aromatic carbocycles. The van der Waals surface area contributed by atoms with Crippen LogP contribution in [0.3, 0.4) is 0 Å². The molecule has 2 aromatic rings. The minimum Gasteiger partial charge on any atom is -0.452 e. The number of aliphatic hydroxyl groups excluding tert-OH is 1. The molecule has 0 fully saturated rings. The molecule has 0 aliphatic rings. The summed E-state index contributed by atoms with van der Waals surface area (Å²) in [6.07, 6.45) is 0. The Labute approximate surface area is 119 Å². The van der Waals surface area contributed by atoms with Gasteiger partial charge in [-0.1, -0.05) is 17.7 Å². The molecule has 0 aliphatic heterocycles. The van der Waals surface area contributed by atoms with Crippen LogP contribution in [0.15, 0.2) is 45.5 Å². The van der Waals surface area contributed by atoms with E-state index in [-0.39, 0.29) is 6.61 Å². The highest BCUT2D eigenvalue weighted by atomic mass is 79.9. The van der Waals surface area contributed by atoms with Crippen molar-refractivity contribution < 1.29 is 9.52 Å². The molecule has 5 heteroatoms. The molecule has 18 heavy (non-hydrogen) atoms. The normalized spacial score (nSPS) is 14.2. The Morgan fingerprint density at radius 1 is 1.39 bits per heavy atom. The van der Waals surface area contributed by atoms with Gasteiger partial charge in [0.25, 0.3) is 0 Å². The molecular formula is C13H13BrClNO2. The summed E-state index contributed by atoms with van der Waals surface area (Å²) in [4.78, 5) is 0. The largest absolute Gasteiger partial charge is 0.452 e. The maximum atomic E-state index is 9.61. The molecule has 1 heterocycles. The second-order valence-corrected chi connectivity index (χ2v) is 5.45. The number of furan rings is 1. The molecule has 0 saturated heterocycles. The monoisotopic (exact) mass is 329 g/mol. The van der Waals surface area contributed by atoms with E-state index >= 15 is 0 Å². The lowest BCUT2D eigenvalue weighted by Crippen LogP contribution is -2.35. The minimum atomic E-state index is -0.698. The van der Waals surface area contributed by atoms with E-state index < -0.39 is 5.54 Å². The third-order valence-electron chi connectivity index (χ3n) is 2.68. The molecule has 96 valence electrons. The first kappa shape index (κ1) is 13.5. The number of rotatable bonds is 4. The van der Waals surface area contributed by atoms with Crippen LogP contribution in [0.25, 0.3) is 0 Å². The molecule has 0 amide bonds. The molecule has 0 spiro atoms. The van der Waals surface area contributed by atoms with Crippen LogP contribution in [0.4, 0.5) is 5.69 Å². The van der Waals surface area contributed by atoms with Crippen molar-refractivity contribution in [3.63, 3.8) is 0 Å². The summed E-state index contributed by atoms with van der Waals surface area (Å²) < 4.78 is 6.13. The van der Waals surface area contributed by atoms with E-state index in [0.29, 0.717) is 15.5 Å². The van der Waals surface area contributed by atoms with Crippen molar-refractivity contribution in [2.24, 2.45) is 0 Å². The smallest absolute Gasteiger partial charge is 0.169 e. The van der Waals surface area contributed by atoms with Gasteiger partial charge < -0.3 is 14.8 Å². The first-order valence-corrected chi connectivity index (χ1v) is 6.61. The average molecular weight is 331 g/mol. The molecule has 1 aromatic heterocycles. The Balaban J connectivity index is 2.28. The van der Waals surface area contributed by atoms with E-state index in [2.05, 4.69) is 21.2 Å². The number of nitrogens with one attached hydrogen (secondary N) is 1. The van der Waals surface area contributed by atoms with Crippen molar-refractivity contribution in [3.8, 4) is 0 Å². The number of hydrogen-bond acceptors (Lipinski definition) is 3. The fourth-order valence-electron chi connectivity index (χ4n) is 1.67. The molecule has 0 bridgehead atoms. The first-order chi connectivity index (χ1) is 8.53. The van der Waals surface area contributed by atoms with Gasteiger partial charge >= 0.3 is 0 Å². The van der Waals surface area contributed by atoms with Crippen LogP contribution in [0.5, 0.6) is 0 Å². The lowest BCUT2D eigenvalue weighted by atomic mass is 9.99. The molecule has 2 N–H and O–H groups in total. The third kappa shape index (κ3) is 2.88. The van der Waals surface area contributed by atoms with Gasteiger partial charge in [-0.05, 0) is 53.2 Å². The van der Waals surface area contributed by atoms with Crippen molar-refractivity contribution in [1.29, 1.82) is 0 Å². The summed E-state index contributed by atoms with van der Waals surface area (Å²) in [6, 6.07) is 10.9. The second kappa shape index (κ2) is 5.34. The first-order valence-electron chi connectivity index (χ1n) is 5.44. The SMILES string of the molecule is CC(CO)(Nc1cccc(Cl)c1)c1ccc(Br)o1. The van der Waals surface area contributed by atoms with Crippen molar-refractivity contribution in [3.05, 3.63) is 51.9 Å². The summed E-state index contributed by atoms with van der Waals surface area (Å²) in [5, 5.41) is 13.5. The molecule has 3 nitrogen and oxygen atoms in total. The topological polar surface area (TPSA) is 45.4 Å². The van der Waals surface area contributed by atoms with Gasteiger partial charge in [0.2, 0.25) is 0 Å². The molecular weight excluding hydrogens is 318 g/mol. The summed E-state index contributed by atoms with van der Waals surface area (Å²) in [6.45, 7) is 1.76. The van der Waals surface area contributed by atoms with E-state index in [1.165, 1.54) is 0 Å². The van der Waals surface area contributed by atoms with Gasteiger partial charge in [-0.3, -0.25) is 0 Å². The number of hydrogen-bond donors (Lipinski definition) is 2. The molecule has 0 radical (unpaired) electrons. The van der Waals surface area contributed by atoms with Gasteiger partial charge in [0.1, 0.15) is 11.3 Å². The Hall–Kier alpha value is -0.970.